The lowest BCUT2D eigenvalue weighted by Gasteiger charge is -2.18. The van der Waals surface area contributed by atoms with E-state index in [2.05, 4.69) is 11.4 Å². The van der Waals surface area contributed by atoms with Gasteiger partial charge in [-0.05, 0) is 42.7 Å². The van der Waals surface area contributed by atoms with Gasteiger partial charge >= 0.3 is 0 Å². The number of rotatable bonds is 6. The van der Waals surface area contributed by atoms with Crippen molar-refractivity contribution in [3.63, 3.8) is 0 Å². The Labute approximate surface area is 136 Å². The third kappa shape index (κ3) is 4.58. The lowest BCUT2D eigenvalue weighted by Crippen LogP contribution is -2.32. The molecule has 0 aliphatic rings. The third-order valence-corrected chi connectivity index (χ3v) is 3.53. The fourth-order valence-electron chi connectivity index (χ4n) is 2.18. The van der Waals surface area contributed by atoms with Crippen molar-refractivity contribution in [2.45, 2.75) is 32.8 Å². The van der Waals surface area contributed by atoms with Crippen molar-refractivity contribution in [3.05, 3.63) is 59.7 Å². The number of hydrogen-bond acceptors (Lipinski definition) is 3. The highest BCUT2D eigenvalue weighted by Crippen LogP contribution is 2.19. The van der Waals surface area contributed by atoms with Gasteiger partial charge < -0.3 is 10.1 Å². The first-order chi connectivity index (χ1) is 11.1. The molecular weight excluding hydrogens is 288 g/mol. The summed E-state index contributed by atoms with van der Waals surface area (Å²) in [6, 6.07) is 17.0. The molecule has 0 radical (unpaired) electrons. The van der Waals surface area contributed by atoms with Gasteiger partial charge in [-0.25, -0.2) is 0 Å². The molecule has 4 heteroatoms. The van der Waals surface area contributed by atoms with Gasteiger partial charge in [0, 0.05) is 5.69 Å². The average molecular weight is 308 g/mol. The summed E-state index contributed by atoms with van der Waals surface area (Å²) in [4.78, 5) is 12.4. The fourth-order valence-corrected chi connectivity index (χ4v) is 2.18. The average Bonchev–Trinajstić information content (AvgIpc) is 2.56. The number of carbonyl (C=O) groups is 1. The molecular formula is C19H20N2O2. The molecule has 0 aromatic heterocycles. The first-order valence-corrected chi connectivity index (χ1v) is 7.63. The van der Waals surface area contributed by atoms with Crippen LogP contribution in [0.25, 0.3) is 0 Å². The monoisotopic (exact) mass is 308 g/mol. The van der Waals surface area contributed by atoms with E-state index >= 15 is 0 Å². The maximum absolute atomic E-state index is 12.4. The summed E-state index contributed by atoms with van der Waals surface area (Å²) >= 11 is 0. The summed E-state index contributed by atoms with van der Waals surface area (Å²) in [6.07, 6.45) is 0.393. The summed E-state index contributed by atoms with van der Waals surface area (Å²) in [5.74, 6) is 0.544. The molecule has 1 amide bonds. The second-order valence-corrected chi connectivity index (χ2v) is 5.30. The normalized spacial score (nSPS) is 11.3. The van der Waals surface area contributed by atoms with E-state index in [1.54, 1.807) is 12.1 Å². The van der Waals surface area contributed by atoms with Crippen molar-refractivity contribution in [2.24, 2.45) is 0 Å². The molecule has 2 aromatic carbocycles. The standard InChI is InChI=1S/C19H20N2O2/c1-3-17(23-18-7-5-4-6-14(18)2)19(22)21-16-10-8-15(9-11-16)12-13-20/h4-11,17H,3,12H2,1-2H3,(H,21,22)/t17-/m1/s1. The van der Waals surface area contributed by atoms with Crippen LogP contribution in [0.3, 0.4) is 0 Å². The molecule has 0 saturated carbocycles. The number of nitrogens with one attached hydrogen (secondary N) is 1. The van der Waals surface area contributed by atoms with Gasteiger partial charge in [0.05, 0.1) is 12.5 Å². The Morgan fingerprint density at radius 1 is 1.22 bits per heavy atom. The van der Waals surface area contributed by atoms with Crippen molar-refractivity contribution < 1.29 is 9.53 Å². The zero-order valence-corrected chi connectivity index (χ0v) is 13.4. The summed E-state index contributed by atoms with van der Waals surface area (Å²) in [7, 11) is 0. The first-order valence-electron chi connectivity index (χ1n) is 7.63. The first kappa shape index (κ1) is 16.6. The molecule has 0 aliphatic carbocycles. The van der Waals surface area contributed by atoms with Crippen LogP contribution >= 0.6 is 0 Å². The van der Waals surface area contributed by atoms with E-state index in [9.17, 15) is 4.79 Å². The topological polar surface area (TPSA) is 62.1 Å². The molecule has 4 nitrogen and oxygen atoms in total. The minimum atomic E-state index is -0.546. The molecule has 0 bridgehead atoms. The lowest BCUT2D eigenvalue weighted by atomic mass is 10.1. The Balaban J connectivity index is 2.02. The van der Waals surface area contributed by atoms with Gasteiger partial charge in [0.1, 0.15) is 5.75 Å². The largest absolute Gasteiger partial charge is 0.480 e. The van der Waals surface area contributed by atoms with E-state index in [1.165, 1.54) is 0 Å². The molecule has 0 unspecified atom stereocenters. The quantitative estimate of drug-likeness (QED) is 0.881. The molecule has 0 heterocycles. The van der Waals surface area contributed by atoms with E-state index in [0.29, 0.717) is 18.5 Å². The highest BCUT2D eigenvalue weighted by molar-refractivity contribution is 5.94. The Morgan fingerprint density at radius 3 is 2.52 bits per heavy atom. The van der Waals surface area contributed by atoms with Crippen molar-refractivity contribution in [1.82, 2.24) is 0 Å². The predicted octanol–water partition coefficient (Wildman–Crippen LogP) is 3.86. The zero-order chi connectivity index (χ0) is 16.7. The van der Waals surface area contributed by atoms with E-state index in [0.717, 1.165) is 16.9 Å². The van der Waals surface area contributed by atoms with Crippen molar-refractivity contribution in [2.75, 3.05) is 5.32 Å². The van der Waals surface area contributed by atoms with Crippen LogP contribution in [0.15, 0.2) is 48.5 Å². The number of ether oxygens (including phenoxy) is 1. The van der Waals surface area contributed by atoms with Gasteiger partial charge in [0.2, 0.25) is 0 Å². The molecule has 0 aliphatic heterocycles. The van der Waals surface area contributed by atoms with Crippen molar-refractivity contribution >= 4 is 11.6 Å². The number of nitriles is 1. The molecule has 1 atom stereocenters. The number of benzene rings is 2. The van der Waals surface area contributed by atoms with Crippen LogP contribution < -0.4 is 10.1 Å². The summed E-state index contributed by atoms with van der Waals surface area (Å²) in [6.45, 7) is 3.87. The van der Waals surface area contributed by atoms with Crippen LogP contribution in [-0.2, 0) is 11.2 Å². The second-order valence-electron chi connectivity index (χ2n) is 5.30. The minimum absolute atomic E-state index is 0.177. The van der Waals surface area contributed by atoms with Gasteiger partial charge in [0.15, 0.2) is 6.10 Å². The highest BCUT2D eigenvalue weighted by Gasteiger charge is 2.19. The molecule has 0 saturated heterocycles. The zero-order valence-electron chi connectivity index (χ0n) is 13.4. The van der Waals surface area contributed by atoms with Gasteiger partial charge in [-0.15, -0.1) is 0 Å². The summed E-state index contributed by atoms with van der Waals surface area (Å²) < 4.78 is 5.84. The third-order valence-electron chi connectivity index (χ3n) is 3.53. The Bertz CT molecular complexity index is 702. The second kappa shape index (κ2) is 8.00. The molecule has 23 heavy (non-hydrogen) atoms. The van der Waals surface area contributed by atoms with E-state index in [1.807, 2.05) is 50.2 Å². The number of nitrogens with zero attached hydrogens (tertiary/aromatic N) is 1. The van der Waals surface area contributed by atoms with Crippen molar-refractivity contribution in [1.29, 1.82) is 5.26 Å². The predicted molar refractivity (Wildman–Crippen MR) is 90.3 cm³/mol. The Morgan fingerprint density at radius 2 is 1.91 bits per heavy atom. The van der Waals surface area contributed by atoms with Gasteiger partial charge in [-0.1, -0.05) is 37.3 Å². The number of amides is 1. The minimum Gasteiger partial charge on any atom is -0.480 e. The van der Waals surface area contributed by atoms with Crippen LogP contribution in [0.2, 0.25) is 0 Å². The number of para-hydroxylation sites is 1. The van der Waals surface area contributed by atoms with Crippen LogP contribution in [0.1, 0.15) is 24.5 Å². The van der Waals surface area contributed by atoms with E-state index in [4.69, 9.17) is 10.00 Å². The molecule has 0 spiro atoms. The van der Waals surface area contributed by atoms with Gasteiger partial charge in [0.25, 0.3) is 5.91 Å². The summed E-state index contributed by atoms with van der Waals surface area (Å²) in [5, 5.41) is 11.5. The van der Waals surface area contributed by atoms with Crippen LogP contribution in [-0.4, -0.2) is 12.0 Å². The number of hydrogen-bond donors (Lipinski definition) is 1. The Kier molecular flexibility index (Phi) is 5.76. The molecule has 2 aromatic rings. The maximum Gasteiger partial charge on any atom is 0.265 e. The van der Waals surface area contributed by atoms with Crippen LogP contribution in [0.4, 0.5) is 5.69 Å². The SMILES string of the molecule is CC[C@@H](Oc1ccccc1C)C(=O)Nc1ccc(CC#N)cc1. The summed E-state index contributed by atoms with van der Waals surface area (Å²) in [5.41, 5.74) is 2.62. The van der Waals surface area contributed by atoms with Crippen molar-refractivity contribution in [3.8, 4) is 11.8 Å². The number of aryl methyl sites for hydroxylation is 1. The fraction of sp³-hybridized carbons (Fsp3) is 0.263. The maximum atomic E-state index is 12.4. The van der Waals surface area contributed by atoms with Crippen LogP contribution in [0.5, 0.6) is 5.75 Å². The van der Waals surface area contributed by atoms with E-state index < -0.39 is 6.10 Å². The smallest absolute Gasteiger partial charge is 0.265 e. The molecule has 118 valence electrons. The van der Waals surface area contributed by atoms with E-state index in [-0.39, 0.29) is 5.91 Å². The highest BCUT2D eigenvalue weighted by atomic mass is 16.5. The number of carbonyl (C=O) groups excluding carboxylic acids is 1. The van der Waals surface area contributed by atoms with Gasteiger partial charge in [-0.3, -0.25) is 4.79 Å². The molecule has 0 fully saturated rings. The Hall–Kier alpha value is -2.80. The molecule has 1 N–H and O–H groups in total. The van der Waals surface area contributed by atoms with Crippen LogP contribution in [0, 0.1) is 18.3 Å². The molecule has 2 rings (SSSR count). The van der Waals surface area contributed by atoms with Gasteiger partial charge in [-0.2, -0.15) is 5.26 Å². The lowest BCUT2D eigenvalue weighted by molar-refractivity contribution is -0.122. The number of anilines is 1.